The van der Waals surface area contributed by atoms with E-state index in [0.29, 0.717) is 5.75 Å². The van der Waals surface area contributed by atoms with Gasteiger partial charge in [-0.25, -0.2) is 9.78 Å². The Morgan fingerprint density at radius 1 is 1.15 bits per heavy atom. The minimum atomic E-state index is -1.08. The Hall–Kier alpha value is -2.36. The van der Waals surface area contributed by atoms with Gasteiger partial charge in [0.05, 0.1) is 0 Å². The van der Waals surface area contributed by atoms with Crippen LogP contribution in [0.3, 0.4) is 0 Å². The van der Waals surface area contributed by atoms with Crippen LogP contribution in [0, 0.1) is 0 Å². The van der Waals surface area contributed by atoms with Crippen LogP contribution in [0.5, 0.6) is 11.5 Å². The van der Waals surface area contributed by atoms with Crippen LogP contribution in [0.15, 0.2) is 36.5 Å². The lowest BCUT2D eigenvalue weighted by atomic mass is 9.92. The quantitative estimate of drug-likeness (QED) is 0.927. The summed E-state index contributed by atoms with van der Waals surface area (Å²) in [6.07, 6.45) is 6.06. The van der Waals surface area contributed by atoms with Gasteiger partial charge in [0.1, 0.15) is 5.75 Å². The van der Waals surface area contributed by atoms with Gasteiger partial charge < -0.3 is 9.84 Å². The molecule has 1 aromatic carbocycles. The summed E-state index contributed by atoms with van der Waals surface area (Å²) >= 11 is 0. The molecule has 2 aromatic rings. The van der Waals surface area contributed by atoms with Crippen molar-refractivity contribution >= 4 is 5.97 Å². The van der Waals surface area contributed by atoms with E-state index in [0.717, 1.165) is 12.8 Å². The predicted molar refractivity (Wildman–Crippen MR) is 74.4 cm³/mol. The summed E-state index contributed by atoms with van der Waals surface area (Å²) in [5.41, 5.74) is 2.60. The summed E-state index contributed by atoms with van der Waals surface area (Å²) in [5, 5.41) is 9.09. The number of ether oxygens (including phenoxy) is 1. The predicted octanol–water partition coefficient (Wildman–Crippen LogP) is 3.45. The number of aromatic carboxylic acids is 1. The first kappa shape index (κ1) is 12.7. The highest BCUT2D eigenvalue weighted by molar-refractivity contribution is 5.88. The van der Waals surface area contributed by atoms with E-state index in [1.54, 1.807) is 12.1 Å². The number of nitrogens with zero attached hydrogens (tertiary/aromatic N) is 1. The molecule has 1 N–H and O–H groups in total. The van der Waals surface area contributed by atoms with E-state index in [1.165, 1.54) is 30.2 Å². The van der Waals surface area contributed by atoms with E-state index in [1.807, 2.05) is 12.1 Å². The highest BCUT2D eigenvalue weighted by atomic mass is 16.5. The van der Waals surface area contributed by atoms with Crippen molar-refractivity contribution in [1.29, 1.82) is 0 Å². The molecule has 0 amide bonds. The Labute approximate surface area is 117 Å². The molecule has 3 rings (SSSR count). The van der Waals surface area contributed by atoms with Crippen molar-refractivity contribution in [2.24, 2.45) is 0 Å². The van der Waals surface area contributed by atoms with Crippen molar-refractivity contribution in [2.45, 2.75) is 25.7 Å². The minimum absolute atomic E-state index is 0.0646. The number of fused-ring (bicyclic) bond motifs is 1. The zero-order chi connectivity index (χ0) is 13.9. The van der Waals surface area contributed by atoms with E-state index in [9.17, 15) is 4.79 Å². The minimum Gasteiger partial charge on any atom is -0.476 e. The molecule has 4 heteroatoms. The smallest absolute Gasteiger partial charge is 0.358 e. The number of aromatic nitrogens is 1. The van der Waals surface area contributed by atoms with Gasteiger partial charge in [0.2, 0.25) is 0 Å². The van der Waals surface area contributed by atoms with Crippen LogP contribution in [0.2, 0.25) is 0 Å². The Kier molecular flexibility index (Phi) is 3.37. The van der Waals surface area contributed by atoms with Gasteiger partial charge in [-0.2, -0.15) is 0 Å². The number of rotatable bonds is 3. The van der Waals surface area contributed by atoms with Gasteiger partial charge in [0.25, 0.3) is 0 Å². The van der Waals surface area contributed by atoms with E-state index >= 15 is 0 Å². The Morgan fingerprint density at radius 3 is 2.75 bits per heavy atom. The van der Waals surface area contributed by atoms with Crippen LogP contribution in [-0.2, 0) is 12.8 Å². The highest BCUT2D eigenvalue weighted by Gasteiger charge is 2.14. The second kappa shape index (κ2) is 5.33. The normalized spacial score (nSPS) is 13.6. The third kappa shape index (κ3) is 2.50. The molecule has 1 aliphatic rings. The topological polar surface area (TPSA) is 59.4 Å². The van der Waals surface area contributed by atoms with Crippen LogP contribution in [0.4, 0.5) is 0 Å². The number of pyridine rings is 1. The SMILES string of the molecule is O=C(O)c1ncccc1Oc1ccc2c(c1)CCCC2. The molecule has 0 saturated heterocycles. The van der Waals surface area contributed by atoms with Crippen LogP contribution >= 0.6 is 0 Å². The summed E-state index contributed by atoms with van der Waals surface area (Å²) < 4.78 is 5.69. The van der Waals surface area contributed by atoms with Crippen LogP contribution < -0.4 is 4.74 Å². The fraction of sp³-hybridized carbons (Fsp3) is 0.250. The van der Waals surface area contributed by atoms with Crippen molar-refractivity contribution in [3.8, 4) is 11.5 Å². The van der Waals surface area contributed by atoms with Gasteiger partial charge in [-0.15, -0.1) is 0 Å². The van der Waals surface area contributed by atoms with Crippen LogP contribution in [0.25, 0.3) is 0 Å². The zero-order valence-corrected chi connectivity index (χ0v) is 11.0. The summed E-state index contributed by atoms with van der Waals surface area (Å²) in [4.78, 5) is 14.9. The van der Waals surface area contributed by atoms with Crippen molar-refractivity contribution < 1.29 is 14.6 Å². The van der Waals surface area contributed by atoms with Gasteiger partial charge in [-0.05, 0) is 61.1 Å². The van der Waals surface area contributed by atoms with Crippen LogP contribution in [0.1, 0.15) is 34.5 Å². The highest BCUT2D eigenvalue weighted by Crippen LogP contribution is 2.29. The Balaban J connectivity index is 1.90. The standard InChI is InChI=1S/C16H15NO3/c18-16(19)15-14(6-3-9-17-15)20-13-8-7-11-4-1-2-5-12(11)10-13/h3,6-10H,1-2,4-5H2,(H,18,19). The number of carboxylic acid groups (broad SMARTS) is 1. The van der Waals surface area contributed by atoms with E-state index < -0.39 is 5.97 Å². The molecule has 1 aromatic heterocycles. The molecule has 0 bridgehead atoms. The fourth-order valence-electron chi connectivity index (χ4n) is 2.53. The van der Waals surface area contributed by atoms with Gasteiger partial charge in [-0.3, -0.25) is 0 Å². The van der Waals surface area contributed by atoms with Gasteiger partial charge >= 0.3 is 5.97 Å². The largest absolute Gasteiger partial charge is 0.476 e. The molecule has 0 fully saturated rings. The van der Waals surface area contributed by atoms with Gasteiger partial charge in [-0.1, -0.05) is 6.07 Å². The van der Waals surface area contributed by atoms with Gasteiger partial charge in [0, 0.05) is 6.20 Å². The number of carboxylic acids is 1. The molecule has 0 aliphatic heterocycles. The second-order valence-corrected chi connectivity index (χ2v) is 4.89. The lowest BCUT2D eigenvalue weighted by Gasteiger charge is -2.17. The third-order valence-corrected chi connectivity index (χ3v) is 3.52. The fourth-order valence-corrected chi connectivity index (χ4v) is 2.53. The number of hydrogen-bond acceptors (Lipinski definition) is 3. The van der Waals surface area contributed by atoms with E-state index in [2.05, 4.69) is 11.1 Å². The van der Waals surface area contributed by atoms with Crippen molar-refractivity contribution in [3.63, 3.8) is 0 Å². The molecular weight excluding hydrogens is 254 g/mol. The molecule has 0 saturated carbocycles. The van der Waals surface area contributed by atoms with Gasteiger partial charge in [0.15, 0.2) is 11.4 Å². The molecule has 0 radical (unpaired) electrons. The summed E-state index contributed by atoms with van der Waals surface area (Å²) in [6, 6.07) is 9.26. The first-order valence-electron chi connectivity index (χ1n) is 6.72. The average Bonchev–Trinajstić information content (AvgIpc) is 2.47. The lowest BCUT2D eigenvalue weighted by Crippen LogP contribution is -2.04. The number of aryl methyl sites for hydroxylation is 2. The first-order valence-corrected chi connectivity index (χ1v) is 6.72. The van der Waals surface area contributed by atoms with E-state index in [4.69, 9.17) is 9.84 Å². The maximum absolute atomic E-state index is 11.1. The monoisotopic (exact) mass is 269 g/mol. The molecule has 0 spiro atoms. The lowest BCUT2D eigenvalue weighted by molar-refractivity contribution is 0.0687. The molecular formula is C16H15NO3. The van der Waals surface area contributed by atoms with Crippen LogP contribution in [-0.4, -0.2) is 16.1 Å². The van der Waals surface area contributed by atoms with Crippen molar-refractivity contribution in [2.75, 3.05) is 0 Å². The van der Waals surface area contributed by atoms with E-state index in [-0.39, 0.29) is 11.4 Å². The first-order chi connectivity index (χ1) is 9.74. The number of carbonyl (C=O) groups is 1. The number of hydrogen-bond donors (Lipinski definition) is 1. The molecule has 0 atom stereocenters. The van der Waals surface area contributed by atoms with Crippen molar-refractivity contribution in [3.05, 3.63) is 53.3 Å². The molecule has 0 unspecified atom stereocenters. The molecule has 1 heterocycles. The molecule has 102 valence electrons. The zero-order valence-electron chi connectivity index (χ0n) is 11.0. The Morgan fingerprint density at radius 2 is 1.95 bits per heavy atom. The summed E-state index contributed by atoms with van der Waals surface area (Å²) in [5.74, 6) is -0.143. The summed E-state index contributed by atoms with van der Waals surface area (Å²) in [6.45, 7) is 0. The maximum Gasteiger partial charge on any atom is 0.358 e. The third-order valence-electron chi connectivity index (χ3n) is 3.52. The number of benzene rings is 1. The second-order valence-electron chi connectivity index (χ2n) is 4.89. The summed E-state index contributed by atoms with van der Waals surface area (Å²) in [7, 11) is 0. The Bertz CT molecular complexity index is 652. The van der Waals surface area contributed by atoms with Crippen molar-refractivity contribution in [1.82, 2.24) is 4.98 Å². The average molecular weight is 269 g/mol. The molecule has 1 aliphatic carbocycles. The maximum atomic E-state index is 11.1. The molecule has 4 nitrogen and oxygen atoms in total. The molecule has 20 heavy (non-hydrogen) atoms.